The topological polar surface area (TPSA) is 78.9 Å². The fourth-order valence-corrected chi connectivity index (χ4v) is 11.1. The van der Waals surface area contributed by atoms with Crippen LogP contribution < -0.4 is 0 Å². The molecular formula is C73H138O6. The zero-order chi connectivity index (χ0) is 57.1. The van der Waals surface area contributed by atoms with Crippen LogP contribution in [0.4, 0.5) is 0 Å². The Balaban J connectivity index is 4.00. The lowest BCUT2D eigenvalue weighted by Crippen LogP contribution is -2.30. The minimum atomic E-state index is -0.764. The third-order valence-electron chi connectivity index (χ3n) is 16.5. The molecule has 0 amide bonds. The Bertz CT molecular complexity index is 1270. The fraction of sp³-hybridized carbons (Fsp3) is 0.904. The van der Waals surface area contributed by atoms with Gasteiger partial charge in [-0.3, -0.25) is 14.4 Å². The predicted octanol–water partition coefficient (Wildman–Crippen LogP) is 24.6. The molecule has 0 aliphatic heterocycles. The number of esters is 3. The lowest BCUT2D eigenvalue weighted by atomic mass is 10.0. The summed E-state index contributed by atoms with van der Waals surface area (Å²) in [5.74, 6) is -0.831. The van der Waals surface area contributed by atoms with Crippen LogP contribution in [0.5, 0.6) is 0 Å². The Morgan fingerprint density at radius 1 is 0.253 bits per heavy atom. The first kappa shape index (κ1) is 76.9. The van der Waals surface area contributed by atoms with Crippen LogP contribution in [0.25, 0.3) is 0 Å². The van der Waals surface area contributed by atoms with Gasteiger partial charge >= 0.3 is 17.9 Å². The van der Waals surface area contributed by atoms with Gasteiger partial charge in [-0.15, -0.1) is 0 Å². The van der Waals surface area contributed by atoms with Crippen LogP contribution in [-0.2, 0) is 28.6 Å². The summed E-state index contributed by atoms with van der Waals surface area (Å²) in [7, 11) is 0. The molecule has 0 aliphatic rings. The van der Waals surface area contributed by atoms with Crippen LogP contribution in [0.15, 0.2) is 24.3 Å². The summed E-state index contributed by atoms with van der Waals surface area (Å²) in [4.78, 5) is 38.3. The Morgan fingerprint density at radius 2 is 0.456 bits per heavy atom. The molecule has 0 bridgehead atoms. The maximum atomic E-state index is 12.9. The molecule has 0 aliphatic carbocycles. The first-order valence-electron chi connectivity index (χ1n) is 35.8. The molecule has 0 heterocycles. The number of rotatable bonds is 67. The number of carbonyl (C=O) groups is 3. The maximum absolute atomic E-state index is 12.9. The summed E-state index contributed by atoms with van der Waals surface area (Å²) in [5.41, 5.74) is 0. The second-order valence-electron chi connectivity index (χ2n) is 24.5. The molecule has 0 aromatic carbocycles. The van der Waals surface area contributed by atoms with Crippen molar-refractivity contribution in [3.05, 3.63) is 24.3 Å². The van der Waals surface area contributed by atoms with Gasteiger partial charge < -0.3 is 14.2 Å². The zero-order valence-electron chi connectivity index (χ0n) is 53.7. The lowest BCUT2D eigenvalue weighted by Gasteiger charge is -2.18. The molecule has 0 aromatic heterocycles. The van der Waals surface area contributed by atoms with E-state index in [0.29, 0.717) is 19.3 Å². The number of carbonyl (C=O) groups excluding carboxylic acids is 3. The van der Waals surface area contributed by atoms with Crippen molar-refractivity contribution < 1.29 is 28.6 Å². The number of unbranched alkanes of at least 4 members (excludes halogenated alkanes) is 52. The van der Waals surface area contributed by atoms with Crippen molar-refractivity contribution in [1.29, 1.82) is 0 Å². The number of ether oxygens (including phenoxy) is 3. The molecule has 0 radical (unpaired) electrons. The smallest absolute Gasteiger partial charge is 0.306 e. The predicted molar refractivity (Wildman–Crippen MR) is 344 cm³/mol. The van der Waals surface area contributed by atoms with Gasteiger partial charge in [0.2, 0.25) is 0 Å². The highest BCUT2D eigenvalue weighted by Crippen LogP contribution is 2.19. The molecule has 6 nitrogen and oxygen atoms in total. The Morgan fingerprint density at radius 3 is 0.696 bits per heavy atom. The average Bonchev–Trinajstić information content (AvgIpc) is 3.45. The Labute approximate surface area is 493 Å². The largest absolute Gasteiger partial charge is 0.462 e. The highest BCUT2D eigenvalue weighted by atomic mass is 16.6. The minimum Gasteiger partial charge on any atom is -0.462 e. The number of hydrogen-bond donors (Lipinski definition) is 0. The van der Waals surface area contributed by atoms with Crippen molar-refractivity contribution in [2.24, 2.45) is 0 Å². The van der Waals surface area contributed by atoms with Gasteiger partial charge in [0.15, 0.2) is 6.10 Å². The van der Waals surface area contributed by atoms with Crippen molar-refractivity contribution in [3.8, 4) is 0 Å². The third-order valence-corrected chi connectivity index (χ3v) is 16.5. The van der Waals surface area contributed by atoms with E-state index >= 15 is 0 Å². The summed E-state index contributed by atoms with van der Waals surface area (Å²) in [6.45, 7) is 6.70. The number of hydrogen-bond acceptors (Lipinski definition) is 6. The van der Waals surface area contributed by atoms with E-state index in [1.54, 1.807) is 0 Å². The van der Waals surface area contributed by atoms with Crippen LogP contribution >= 0.6 is 0 Å². The van der Waals surface area contributed by atoms with E-state index in [2.05, 4.69) is 45.1 Å². The number of allylic oxidation sites excluding steroid dienone is 4. The first-order valence-corrected chi connectivity index (χ1v) is 35.8. The standard InChI is InChI=1S/C73H138O6/c1-4-7-10-13-16-19-22-25-26-27-28-29-30-31-32-33-34-35-36-37-38-39-40-41-42-43-44-45-46-49-51-54-57-60-63-66-72(75)78-69-70(79-73(76)67-64-61-58-55-52-48-24-21-18-15-12-9-6-3)68-77-71(74)65-62-59-56-53-50-47-23-20-17-14-11-8-5-2/h22,25,27-28,70H,4-21,23-24,26,29-69H2,1-3H3/b25-22-,28-27-. The maximum Gasteiger partial charge on any atom is 0.306 e. The van der Waals surface area contributed by atoms with E-state index in [4.69, 9.17) is 14.2 Å². The molecule has 6 heteroatoms. The monoisotopic (exact) mass is 1110 g/mol. The van der Waals surface area contributed by atoms with Gasteiger partial charge in [-0.25, -0.2) is 0 Å². The molecule has 0 fully saturated rings. The zero-order valence-corrected chi connectivity index (χ0v) is 53.7. The minimum absolute atomic E-state index is 0.0627. The van der Waals surface area contributed by atoms with Crippen LogP contribution in [0, 0.1) is 0 Å². The van der Waals surface area contributed by atoms with E-state index in [-0.39, 0.29) is 31.1 Å². The van der Waals surface area contributed by atoms with E-state index < -0.39 is 6.10 Å². The normalized spacial score (nSPS) is 12.1. The van der Waals surface area contributed by atoms with Crippen LogP contribution in [0.3, 0.4) is 0 Å². The van der Waals surface area contributed by atoms with E-state index in [9.17, 15) is 14.4 Å². The van der Waals surface area contributed by atoms with Crippen molar-refractivity contribution in [1.82, 2.24) is 0 Å². The first-order chi connectivity index (χ1) is 39.0. The lowest BCUT2D eigenvalue weighted by molar-refractivity contribution is -0.167. The summed E-state index contributed by atoms with van der Waals surface area (Å²) >= 11 is 0. The summed E-state index contributed by atoms with van der Waals surface area (Å²) in [6.07, 6.45) is 83.7. The average molecular weight is 1110 g/mol. The molecule has 466 valence electrons. The van der Waals surface area contributed by atoms with Gasteiger partial charge in [0, 0.05) is 19.3 Å². The van der Waals surface area contributed by atoms with E-state index in [1.165, 1.54) is 302 Å². The van der Waals surface area contributed by atoms with Gasteiger partial charge in [-0.2, -0.15) is 0 Å². The van der Waals surface area contributed by atoms with Crippen LogP contribution in [-0.4, -0.2) is 37.2 Å². The van der Waals surface area contributed by atoms with Crippen LogP contribution in [0.1, 0.15) is 406 Å². The quantitative estimate of drug-likeness (QED) is 0.0261. The summed E-state index contributed by atoms with van der Waals surface area (Å²) in [6, 6.07) is 0. The Kier molecular flexibility index (Phi) is 66.6. The van der Waals surface area contributed by atoms with E-state index in [0.717, 1.165) is 64.2 Å². The van der Waals surface area contributed by atoms with Crippen molar-refractivity contribution in [2.75, 3.05) is 13.2 Å². The van der Waals surface area contributed by atoms with E-state index in [1.807, 2.05) is 0 Å². The third kappa shape index (κ3) is 66.6. The fourth-order valence-electron chi connectivity index (χ4n) is 11.1. The molecular weight excluding hydrogens is 973 g/mol. The highest BCUT2D eigenvalue weighted by molar-refractivity contribution is 5.71. The molecule has 0 spiro atoms. The molecule has 1 unspecified atom stereocenters. The van der Waals surface area contributed by atoms with Crippen molar-refractivity contribution in [3.63, 3.8) is 0 Å². The second kappa shape index (κ2) is 68.4. The van der Waals surface area contributed by atoms with Crippen molar-refractivity contribution >= 4 is 17.9 Å². The van der Waals surface area contributed by atoms with Crippen molar-refractivity contribution in [2.45, 2.75) is 412 Å². The molecule has 0 N–H and O–H groups in total. The molecule has 0 aromatic rings. The molecule has 79 heavy (non-hydrogen) atoms. The molecule has 0 saturated heterocycles. The van der Waals surface area contributed by atoms with Crippen LogP contribution in [0.2, 0.25) is 0 Å². The molecule has 1 atom stereocenters. The Hall–Kier alpha value is -2.11. The summed E-state index contributed by atoms with van der Waals surface area (Å²) < 4.78 is 17.0. The second-order valence-corrected chi connectivity index (χ2v) is 24.5. The summed E-state index contributed by atoms with van der Waals surface area (Å²) in [5, 5.41) is 0. The van der Waals surface area contributed by atoms with Gasteiger partial charge in [-0.1, -0.05) is 360 Å². The van der Waals surface area contributed by atoms with Gasteiger partial charge in [-0.05, 0) is 51.4 Å². The highest BCUT2D eigenvalue weighted by Gasteiger charge is 2.19. The SMILES string of the molecule is CCCCCCC/C=C\C/C=C\CCCCCCCCCCCCCCCCCCCCCCCCCC(=O)OCC(COC(=O)CCCCCCCCCCCCCCC)OC(=O)CCCCCCCCCCCCCCC. The van der Waals surface area contributed by atoms with Gasteiger partial charge in [0.05, 0.1) is 0 Å². The molecule has 0 rings (SSSR count). The molecule has 0 saturated carbocycles. The van der Waals surface area contributed by atoms with Gasteiger partial charge in [0.25, 0.3) is 0 Å². The van der Waals surface area contributed by atoms with Gasteiger partial charge in [0.1, 0.15) is 13.2 Å².